The molecular weight excluding hydrogens is 312 g/mol. The molecule has 3 aromatic rings. The third kappa shape index (κ3) is 3.66. The number of carbonyl (C=O) groups is 1. The second-order valence-corrected chi connectivity index (χ2v) is 5.73. The molecule has 0 aliphatic heterocycles. The lowest BCUT2D eigenvalue weighted by atomic mass is 10.1. The lowest BCUT2D eigenvalue weighted by molar-refractivity contribution is 0.0980. The van der Waals surface area contributed by atoms with Gasteiger partial charge in [-0.1, -0.05) is 28.9 Å². The third-order valence-electron chi connectivity index (χ3n) is 3.54. The topological polar surface area (TPSA) is 56.0 Å². The van der Waals surface area contributed by atoms with Crippen molar-refractivity contribution in [3.63, 3.8) is 0 Å². The highest BCUT2D eigenvalue weighted by Crippen LogP contribution is 2.28. The van der Waals surface area contributed by atoms with Crippen LogP contribution in [0.25, 0.3) is 11.3 Å². The zero-order valence-corrected chi connectivity index (χ0v) is 13.4. The summed E-state index contributed by atoms with van der Waals surface area (Å²) in [5.74, 6) is 0.693. The van der Waals surface area contributed by atoms with Gasteiger partial charge in [0.2, 0.25) is 0 Å². The zero-order chi connectivity index (χ0) is 16.2. The predicted octanol–water partition coefficient (Wildman–Crippen LogP) is 4.51. The van der Waals surface area contributed by atoms with Gasteiger partial charge in [0.1, 0.15) is 11.5 Å². The van der Waals surface area contributed by atoms with Gasteiger partial charge < -0.3 is 4.52 Å². The fourth-order valence-electron chi connectivity index (χ4n) is 2.29. The van der Waals surface area contributed by atoms with E-state index in [2.05, 4.69) is 10.1 Å². The molecule has 23 heavy (non-hydrogen) atoms. The van der Waals surface area contributed by atoms with E-state index in [4.69, 9.17) is 16.1 Å². The molecule has 0 saturated heterocycles. The van der Waals surface area contributed by atoms with Gasteiger partial charge in [0.05, 0.1) is 5.02 Å². The van der Waals surface area contributed by atoms with Gasteiger partial charge in [0.25, 0.3) is 0 Å². The molecule has 5 heteroatoms. The Kier molecular flexibility index (Phi) is 4.53. The molecule has 0 atom stereocenters. The lowest BCUT2D eigenvalue weighted by Gasteiger charge is -2.00. The first-order valence-electron chi connectivity index (χ1n) is 7.29. The summed E-state index contributed by atoms with van der Waals surface area (Å²) >= 11 is 6.24. The number of carbonyl (C=O) groups excluding carboxylic acids is 1. The molecule has 116 valence electrons. The molecule has 0 unspecified atom stereocenters. The van der Waals surface area contributed by atoms with E-state index in [9.17, 15) is 4.79 Å². The smallest absolute Gasteiger partial charge is 0.164 e. The summed E-state index contributed by atoms with van der Waals surface area (Å²) in [6.07, 6.45) is 4.05. The molecule has 0 fully saturated rings. The minimum Gasteiger partial charge on any atom is -0.361 e. The molecule has 0 aliphatic rings. The van der Waals surface area contributed by atoms with Gasteiger partial charge in [-0.25, -0.2) is 0 Å². The summed E-state index contributed by atoms with van der Waals surface area (Å²) in [6.45, 7) is 1.98. The molecule has 2 heterocycles. The number of aromatic nitrogens is 2. The van der Waals surface area contributed by atoms with Crippen LogP contribution in [0.3, 0.4) is 0 Å². The number of benzene rings is 1. The number of aryl methyl sites for hydroxylation is 2. The number of rotatable bonds is 5. The number of hydrogen-bond acceptors (Lipinski definition) is 4. The maximum atomic E-state index is 12.1. The highest BCUT2D eigenvalue weighted by molar-refractivity contribution is 6.33. The molecule has 0 amide bonds. The summed E-state index contributed by atoms with van der Waals surface area (Å²) in [5, 5.41) is 4.68. The molecule has 0 bridgehead atoms. The van der Waals surface area contributed by atoms with E-state index in [1.807, 2.05) is 31.2 Å². The van der Waals surface area contributed by atoms with Crippen molar-refractivity contribution in [3.8, 4) is 11.3 Å². The lowest BCUT2D eigenvalue weighted by Crippen LogP contribution is -2.00. The minimum atomic E-state index is 0.0319. The van der Waals surface area contributed by atoms with Gasteiger partial charge in [0, 0.05) is 42.4 Å². The standard InChI is InChI=1S/C18H15ClN2O2/c1-12-4-6-15(16(19)9-12)17-10-14(23-21-17)5-7-18(22)13-3-2-8-20-11-13/h2-4,6,8-11H,5,7H2,1H3. The van der Waals surface area contributed by atoms with Crippen molar-refractivity contribution in [2.75, 3.05) is 0 Å². The average molecular weight is 327 g/mol. The van der Waals surface area contributed by atoms with Gasteiger partial charge in [-0.3, -0.25) is 9.78 Å². The van der Waals surface area contributed by atoms with Crippen molar-refractivity contribution in [1.29, 1.82) is 0 Å². The van der Waals surface area contributed by atoms with Crippen LogP contribution in [0.4, 0.5) is 0 Å². The number of Topliss-reactive ketones (excluding diaryl/α,β-unsaturated/α-hetero) is 1. The second kappa shape index (κ2) is 6.75. The zero-order valence-electron chi connectivity index (χ0n) is 12.6. The number of hydrogen-bond donors (Lipinski definition) is 0. The van der Waals surface area contributed by atoms with Crippen LogP contribution >= 0.6 is 11.6 Å². The van der Waals surface area contributed by atoms with Crippen LogP contribution < -0.4 is 0 Å². The van der Waals surface area contributed by atoms with Crippen molar-refractivity contribution in [1.82, 2.24) is 10.1 Å². The molecule has 0 saturated carbocycles. The Bertz CT molecular complexity index is 828. The van der Waals surface area contributed by atoms with E-state index in [1.54, 1.807) is 24.5 Å². The molecule has 0 radical (unpaired) electrons. The maximum Gasteiger partial charge on any atom is 0.164 e. The van der Waals surface area contributed by atoms with Crippen molar-refractivity contribution in [2.24, 2.45) is 0 Å². The summed E-state index contributed by atoms with van der Waals surface area (Å²) in [4.78, 5) is 16.0. The van der Waals surface area contributed by atoms with E-state index in [0.717, 1.165) is 11.1 Å². The normalized spacial score (nSPS) is 10.7. The van der Waals surface area contributed by atoms with Gasteiger partial charge in [-0.05, 0) is 30.7 Å². The first-order chi connectivity index (χ1) is 11.1. The first kappa shape index (κ1) is 15.4. The molecule has 4 nitrogen and oxygen atoms in total. The Labute approximate surface area is 139 Å². The summed E-state index contributed by atoms with van der Waals surface area (Å²) < 4.78 is 5.31. The number of pyridine rings is 1. The van der Waals surface area contributed by atoms with E-state index in [1.165, 1.54) is 0 Å². The number of halogens is 1. The van der Waals surface area contributed by atoms with E-state index < -0.39 is 0 Å². The Morgan fingerprint density at radius 3 is 2.87 bits per heavy atom. The van der Waals surface area contributed by atoms with Crippen LogP contribution in [0.1, 0.15) is 28.1 Å². The van der Waals surface area contributed by atoms with E-state index >= 15 is 0 Å². The summed E-state index contributed by atoms with van der Waals surface area (Å²) in [7, 11) is 0. The largest absolute Gasteiger partial charge is 0.361 e. The highest BCUT2D eigenvalue weighted by atomic mass is 35.5. The molecular formula is C18H15ClN2O2. The van der Waals surface area contributed by atoms with Crippen LogP contribution in [0.2, 0.25) is 5.02 Å². The quantitative estimate of drug-likeness (QED) is 0.647. The number of ketones is 1. The minimum absolute atomic E-state index is 0.0319. The monoisotopic (exact) mass is 326 g/mol. The van der Waals surface area contributed by atoms with Gasteiger partial charge in [0.15, 0.2) is 5.78 Å². The third-order valence-corrected chi connectivity index (χ3v) is 3.85. The first-order valence-corrected chi connectivity index (χ1v) is 7.66. The molecule has 0 spiro atoms. The van der Waals surface area contributed by atoms with Crippen LogP contribution in [0.15, 0.2) is 53.3 Å². The van der Waals surface area contributed by atoms with Crippen molar-refractivity contribution in [2.45, 2.75) is 19.8 Å². The van der Waals surface area contributed by atoms with Crippen LogP contribution in [-0.4, -0.2) is 15.9 Å². The van der Waals surface area contributed by atoms with Crippen molar-refractivity contribution >= 4 is 17.4 Å². The van der Waals surface area contributed by atoms with Crippen LogP contribution in [0.5, 0.6) is 0 Å². The Balaban J connectivity index is 1.69. The van der Waals surface area contributed by atoms with E-state index in [0.29, 0.717) is 34.9 Å². The van der Waals surface area contributed by atoms with Gasteiger partial charge in [-0.2, -0.15) is 0 Å². The fraction of sp³-hybridized carbons (Fsp3) is 0.167. The summed E-state index contributed by atoms with van der Waals surface area (Å²) in [6, 6.07) is 11.1. The maximum absolute atomic E-state index is 12.1. The predicted molar refractivity (Wildman–Crippen MR) is 88.6 cm³/mol. The van der Waals surface area contributed by atoms with Crippen molar-refractivity contribution in [3.05, 3.63) is 70.7 Å². The van der Waals surface area contributed by atoms with Crippen molar-refractivity contribution < 1.29 is 9.32 Å². The molecule has 0 aliphatic carbocycles. The fourth-order valence-corrected chi connectivity index (χ4v) is 2.63. The summed E-state index contributed by atoms with van der Waals surface area (Å²) in [5.41, 5.74) is 3.20. The second-order valence-electron chi connectivity index (χ2n) is 5.33. The number of nitrogens with zero attached hydrogens (tertiary/aromatic N) is 2. The highest BCUT2D eigenvalue weighted by Gasteiger charge is 2.12. The Morgan fingerprint density at radius 1 is 1.26 bits per heavy atom. The van der Waals surface area contributed by atoms with E-state index in [-0.39, 0.29) is 5.78 Å². The van der Waals surface area contributed by atoms with Gasteiger partial charge >= 0.3 is 0 Å². The average Bonchev–Trinajstić information content (AvgIpc) is 3.02. The van der Waals surface area contributed by atoms with Gasteiger partial charge in [-0.15, -0.1) is 0 Å². The molecule has 2 aromatic heterocycles. The Morgan fingerprint density at radius 2 is 2.13 bits per heavy atom. The Hall–Kier alpha value is -2.46. The SMILES string of the molecule is Cc1ccc(-c2cc(CCC(=O)c3cccnc3)on2)c(Cl)c1. The molecule has 1 aromatic carbocycles. The molecule has 0 N–H and O–H groups in total. The van der Waals surface area contributed by atoms with Crippen LogP contribution in [0, 0.1) is 6.92 Å². The molecule has 3 rings (SSSR count). The van der Waals surface area contributed by atoms with Crippen LogP contribution in [-0.2, 0) is 6.42 Å².